The Balaban J connectivity index is 2.38. The topological polar surface area (TPSA) is 136 Å². The summed E-state index contributed by atoms with van der Waals surface area (Å²) < 4.78 is 0. The van der Waals surface area contributed by atoms with E-state index in [-0.39, 0.29) is 12.3 Å². The maximum Gasteiger partial charge on any atom is 0.332 e. The van der Waals surface area contributed by atoms with E-state index in [2.05, 4.69) is 10.6 Å². The van der Waals surface area contributed by atoms with Gasteiger partial charge >= 0.3 is 18.0 Å². The van der Waals surface area contributed by atoms with Crippen LogP contribution in [-0.2, 0) is 9.59 Å². The molecule has 2 aromatic rings. The summed E-state index contributed by atoms with van der Waals surface area (Å²) in [7, 11) is 0. The van der Waals surface area contributed by atoms with Crippen molar-refractivity contribution >= 4 is 28.7 Å². The van der Waals surface area contributed by atoms with Crippen LogP contribution in [0.25, 0.3) is 10.8 Å². The Morgan fingerprint density at radius 3 is 2.21 bits per heavy atom. The molecule has 3 unspecified atom stereocenters. The molecule has 8 nitrogen and oxygen atoms in total. The Kier molecular flexibility index (Phi) is 7.55. The highest BCUT2D eigenvalue weighted by atomic mass is 16.4. The van der Waals surface area contributed by atoms with E-state index in [4.69, 9.17) is 5.11 Å². The van der Waals surface area contributed by atoms with Crippen LogP contribution in [0, 0.1) is 5.92 Å². The number of rotatable bonds is 9. The number of benzene rings is 2. The first-order valence-electron chi connectivity index (χ1n) is 9.35. The fourth-order valence-corrected chi connectivity index (χ4v) is 3.07. The van der Waals surface area contributed by atoms with Gasteiger partial charge in [0, 0.05) is 12.5 Å². The Bertz CT molecular complexity index is 882. The number of aliphatic carboxylic acids is 2. The van der Waals surface area contributed by atoms with Crippen molar-refractivity contribution in [3.8, 4) is 0 Å². The number of hydrogen-bond acceptors (Lipinski definition) is 4. The number of urea groups is 1. The highest BCUT2D eigenvalue weighted by Gasteiger charge is 2.34. The lowest BCUT2D eigenvalue weighted by Crippen LogP contribution is -2.50. The molecule has 5 N–H and O–H groups in total. The number of hydrogen-bond donors (Lipinski definition) is 5. The number of fused-ring (bicyclic) bond motifs is 1. The molecule has 156 valence electrons. The molecule has 0 aliphatic carbocycles. The molecule has 0 spiro atoms. The van der Waals surface area contributed by atoms with Gasteiger partial charge in [-0.05, 0) is 28.7 Å². The van der Waals surface area contributed by atoms with Crippen LogP contribution >= 0.6 is 0 Å². The molecule has 0 aliphatic heterocycles. The van der Waals surface area contributed by atoms with Crippen LogP contribution in [0.15, 0.2) is 42.5 Å². The summed E-state index contributed by atoms with van der Waals surface area (Å²) in [6, 6.07) is 10.6. The van der Waals surface area contributed by atoms with Gasteiger partial charge in [-0.3, -0.25) is 0 Å². The van der Waals surface area contributed by atoms with E-state index in [1.165, 1.54) is 0 Å². The molecule has 0 aliphatic rings. The van der Waals surface area contributed by atoms with Crippen molar-refractivity contribution in [3.05, 3.63) is 48.0 Å². The van der Waals surface area contributed by atoms with Gasteiger partial charge in [-0.2, -0.15) is 0 Å². The minimum absolute atomic E-state index is 0.175. The zero-order chi connectivity index (χ0) is 21.6. The highest BCUT2D eigenvalue weighted by molar-refractivity contribution is 5.85. The van der Waals surface area contributed by atoms with Crippen molar-refractivity contribution in [2.45, 2.75) is 38.3 Å². The molecular weight excluding hydrogens is 376 g/mol. The molecule has 8 heteroatoms. The monoisotopic (exact) mass is 402 g/mol. The highest BCUT2D eigenvalue weighted by Crippen LogP contribution is 2.29. The molecule has 2 aromatic carbocycles. The largest absolute Gasteiger partial charge is 0.480 e. The Labute approximate surface area is 168 Å². The van der Waals surface area contributed by atoms with E-state index >= 15 is 0 Å². The SMILES string of the molecule is CC(C)CNC(=O)NC(C(=O)O)C(CC(O)C(=O)O)c1ccc2ccccc2c1. The predicted octanol–water partition coefficient (Wildman–Crippen LogP) is 2.17. The molecule has 2 amide bonds. The van der Waals surface area contributed by atoms with Gasteiger partial charge in [-0.25, -0.2) is 14.4 Å². The third kappa shape index (κ3) is 6.18. The molecule has 0 saturated carbocycles. The summed E-state index contributed by atoms with van der Waals surface area (Å²) in [5.74, 6) is -3.55. The lowest BCUT2D eigenvalue weighted by Gasteiger charge is -2.27. The lowest BCUT2D eigenvalue weighted by molar-refractivity contribution is -0.148. The standard InChI is InChI=1S/C21H26N2O6/c1-12(2)11-22-21(29)23-18(20(27)28)16(10-17(24)19(25)26)15-8-7-13-5-3-4-6-14(13)9-15/h3-9,12,16-18,24H,10-11H2,1-2H3,(H,25,26)(H,27,28)(H2,22,23,29). The smallest absolute Gasteiger partial charge is 0.332 e. The summed E-state index contributed by atoms with van der Waals surface area (Å²) in [6.45, 7) is 4.16. The molecule has 2 rings (SSSR count). The average Bonchev–Trinajstić information content (AvgIpc) is 2.68. The van der Waals surface area contributed by atoms with Crippen molar-refractivity contribution in [1.29, 1.82) is 0 Å². The van der Waals surface area contributed by atoms with E-state index in [0.29, 0.717) is 12.1 Å². The van der Waals surface area contributed by atoms with Crippen molar-refractivity contribution in [2.24, 2.45) is 5.92 Å². The first kappa shape index (κ1) is 22.2. The first-order chi connectivity index (χ1) is 13.7. The molecule has 3 atom stereocenters. The molecular formula is C21H26N2O6. The van der Waals surface area contributed by atoms with E-state index < -0.39 is 36.0 Å². The second kappa shape index (κ2) is 9.88. The van der Waals surface area contributed by atoms with Gasteiger partial charge in [0.2, 0.25) is 0 Å². The van der Waals surface area contributed by atoms with Crippen LogP contribution in [0.2, 0.25) is 0 Å². The fourth-order valence-electron chi connectivity index (χ4n) is 3.07. The van der Waals surface area contributed by atoms with Gasteiger partial charge in [0.1, 0.15) is 6.04 Å². The summed E-state index contributed by atoms with van der Waals surface area (Å²) in [4.78, 5) is 35.3. The maximum atomic E-state index is 12.2. The van der Waals surface area contributed by atoms with Gasteiger partial charge in [0.05, 0.1) is 0 Å². The summed E-state index contributed by atoms with van der Waals surface area (Å²) >= 11 is 0. The van der Waals surface area contributed by atoms with E-state index in [1.54, 1.807) is 18.2 Å². The van der Waals surface area contributed by atoms with Crippen molar-refractivity contribution in [3.63, 3.8) is 0 Å². The number of carbonyl (C=O) groups excluding carboxylic acids is 1. The Morgan fingerprint density at radius 1 is 0.966 bits per heavy atom. The minimum atomic E-state index is -1.77. The third-order valence-corrected chi connectivity index (χ3v) is 4.59. The molecule has 29 heavy (non-hydrogen) atoms. The van der Waals surface area contributed by atoms with Crippen molar-refractivity contribution < 1.29 is 29.7 Å². The predicted molar refractivity (Wildman–Crippen MR) is 108 cm³/mol. The summed E-state index contributed by atoms with van der Waals surface area (Å²) in [5, 5.41) is 35.5. The van der Waals surface area contributed by atoms with Crippen LogP contribution in [0.1, 0.15) is 31.7 Å². The zero-order valence-corrected chi connectivity index (χ0v) is 16.3. The Morgan fingerprint density at radius 2 is 1.62 bits per heavy atom. The van der Waals surface area contributed by atoms with Gasteiger partial charge in [-0.15, -0.1) is 0 Å². The summed E-state index contributed by atoms with van der Waals surface area (Å²) in [6.07, 6.45) is -2.14. The van der Waals surface area contributed by atoms with Crippen LogP contribution in [0.5, 0.6) is 0 Å². The average molecular weight is 402 g/mol. The fraction of sp³-hybridized carbons (Fsp3) is 0.381. The summed E-state index contributed by atoms with van der Waals surface area (Å²) in [5.41, 5.74) is 0.514. The molecule has 0 saturated heterocycles. The van der Waals surface area contributed by atoms with E-state index in [1.807, 2.05) is 38.1 Å². The van der Waals surface area contributed by atoms with Crippen molar-refractivity contribution in [1.82, 2.24) is 10.6 Å². The first-order valence-corrected chi connectivity index (χ1v) is 9.35. The normalized spacial score (nSPS) is 14.2. The maximum absolute atomic E-state index is 12.2. The minimum Gasteiger partial charge on any atom is -0.480 e. The molecule has 0 radical (unpaired) electrons. The van der Waals surface area contributed by atoms with Crippen molar-refractivity contribution in [2.75, 3.05) is 6.54 Å². The molecule has 0 aromatic heterocycles. The quantitative estimate of drug-likeness (QED) is 0.436. The second-order valence-electron chi connectivity index (χ2n) is 7.37. The third-order valence-electron chi connectivity index (χ3n) is 4.59. The molecule has 0 heterocycles. The van der Waals surface area contributed by atoms with Gasteiger partial charge in [-0.1, -0.05) is 56.3 Å². The number of amides is 2. The van der Waals surface area contributed by atoms with Gasteiger partial charge in [0.15, 0.2) is 6.10 Å². The number of nitrogens with one attached hydrogen (secondary N) is 2. The number of aliphatic hydroxyl groups excluding tert-OH is 1. The van der Waals surface area contributed by atoms with Crippen LogP contribution in [0.3, 0.4) is 0 Å². The van der Waals surface area contributed by atoms with Gasteiger partial charge in [0.25, 0.3) is 0 Å². The molecule has 0 fully saturated rings. The number of carboxylic acids is 2. The number of carbonyl (C=O) groups is 3. The van der Waals surface area contributed by atoms with Crippen LogP contribution in [0.4, 0.5) is 4.79 Å². The van der Waals surface area contributed by atoms with Crippen LogP contribution in [-0.4, -0.2) is 52.0 Å². The second-order valence-corrected chi connectivity index (χ2v) is 7.37. The van der Waals surface area contributed by atoms with E-state index in [9.17, 15) is 24.6 Å². The zero-order valence-electron chi connectivity index (χ0n) is 16.3. The van der Waals surface area contributed by atoms with Gasteiger partial charge < -0.3 is 26.0 Å². The Hall–Kier alpha value is -3.13. The van der Waals surface area contributed by atoms with E-state index in [0.717, 1.165) is 10.8 Å². The van der Waals surface area contributed by atoms with Crippen LogP contribution < -0.4 is 10.6 Å². The number of carboxylic acid groups (broad SMARTS) is 2. The lowest BCUT2D eigenvalue weighted by atomic mass is 9.85. The molecule has 0 bridgehead atoms. The number of aliphatic hydroxyl groups is 1.